The number of nitriles is 1. The monoisotopic (exact) mass is 201 g/mol. The van der Waals surface area contributed by atoms with E-state index in [9.17, 15) is 0 Å². The van der Waals surface area contributed by atoms with E-state index in [1.165, 1.54) is 32.1 Å². The van der Waals surface area contributed by atoms with Gasteiger partial charge in [-0.15, -0.1) is 11.6 Å². The van der Waals surface area contributed by atoms with Gasteiger partial charge in [0.1, 0.15) is 5.38 Å². The van der Waals surface area contributed by atoms with Gasteiger partial charge >= 0.3 is 0 Å². The van der Waals surface area contributed by atoms with Gasteiger partial charge in [0.15, 0.2) is 0 Å². The second-order valence-corrected chi connectivity index (χ2v) is 4.16. The van der Waals surface area contributed by atoms with Crippen molar-refractivity contribution in [3.63, 3.8) is 0 Å². The smallest absolute Gasteiger partial charge is 0.143 e. The van der Waals surface area contributed by atoms with Crippen molar-refractivity contribution in [1.29, 1.82) is 5.26 Å². The lowest BCUT2D eigenvalue weighted by atomic mass is 9.90. The summed E-state index contributed by atoms with van der Waals surface area (Å²) in [5.41, 5.74) is 0. The van der Waals surface area contributed by atoms with Gasteiger partial charge in [0, 0.05) is 6.61 Å². The molecule has 0 aromatic heterocycles. The van der Waals surface area contributed by atoms with Crippen molar-refractivity contribution in [3.8, 4) is 6.07 Å². The maximum atomic E-state index is 8.41. The van der Waals surface area contributed by atoms with Crippen molar-refractivity contribution in [1.82, 2.24) is 0 Å². The first kappa shape index (κ1) is 10.8. The number of ether oxygens (including phenoxy) is 1. The average Bonchev–Trinajstić information content (AvgIpc) is 2.19. The maximum Gasteiger partial charge on any atom is 0.143 e. The van der Waals surface area contributed by atoms with E-state index >= 15 is 0 Å². The van der Waals surface area contributed by atoms with Gasteiger partial charge in [-0.3, -0.25) is 0 Å². The summed E-state index contributed by atoms with van der Waals surface area (Å²) >= 11 is 5.60. The first-order chi connectivity index (χ1) is 6.33. The molecule has 1 atom stereocenters. The molecule has 3 heteroatoms. The largest absolute Gasteiger partial charge is 0.379 e. The van der Waals surface area contributed by atoms with Crippen LogP contribution in [0, 0.1) is 17.2 Å². The molecule has 74 valence electrons. The molecule has 13 heavy (non-hydrogen) atoms. The second-order valence-electron chi connectivity index (χ2n) is 3.64. The van der Waals surface area contributed by atoms with Crippen molar-refractivity contribution in [2.45, 2.75) is 37.5 Å². The molecular weight excluding hydrogens is 186 g/mol. The van der Waals surface area contributed by atoms with Crippen LogP contribution in [0.25, 0.3) is 0 Å². The molecule has 0 saturated heterocycles. The average molecular weight is 202 g/mol. The lowest BCUT2D eigenvalue weighted by Crippen LogP contribution is -2.16. The van der Waals surface area contributed by atoms with Gasteiger partial charge in [-0.25, -0.2) is 0 Å². The third-order valence-corrected chi connectivity index (χ3v) is 2.71. The van der Waals surface area contributed by atoms with Crippen molar-refractivity contribution in [3.05, 3.63) is 0 Å². The van der Waals surface area contributed by atoms with Crippen molar-refractivity contribution in [2.75, 3.05) is 13.2 Å². The molecule has 1 rings (SSSR count). The molecule has 0 bridgehead atoms. The molecule has 0 amide bonds. The van der Waals surface area contributed by atoms with E-state index in [2.05, 4.69) is 0 Å². The Morgan fingerprint density at radius 3 is 2.69 bits per heavy atom. The summed E-state index contributed by atoms with van der Waals surface area (Å²) in [5.74, 6) is 0.705. The first-order valence-corrected chi connectivity index (χ1v) is 5.38. The van der Waals surface area contributed by atoms with E-state index in [0.29, 0.717) is 12.5 Å². The minimum atomic E-state index is -0.483. The molecule has 1 saturated carbocycles. The van der Waals surface area contributed by atoms with E-state index in [1.54, 1.807) is 0 Å². The normalized spacial score (nSPS) is 20.9. The summed E-state index contributed by atoms with van der Waals surface area (Å²) in [4.78, 5) is 0. The molecule has 0 aromatic carbocycles. The number of hydrogen-bond acceptors (Lipinski definition) is 2. The Labute approximate surface area is 84.8 Å². The quantitative estimate of drug-likeness (QED) is 0.656. The molecule has 1 aliphatic carbocycles. The van der Waals surface area contributed by atoms with Gasteiger partial charge in [0.05, 0.1) is 12.7 Å². The standard InChI is InChI=1S/C10H16ClNO/c11-10(6-12)8-13-7-9-4-2-1-3-5-9/h9-10H,1-5,7-8H2. The van der Waals surface area contributed by atoms with Gasteiger partial charge in [-0.1, -0.05) is 19.3 Å². The molecule has 1 fully saturated rings. The van der Waals surface area contributed by atoms with Crippen LogP contribution in [-0.4, -0.2) is 18.6 Å². The molecule has 1 unspecified atom stereocenters. The van der Waals surface area contributed by atoms with Gasteiger partial charge in [0.2, 0.25) is 0 Å². The number of rotatable bonds is 4. The Morgan fingerprint density at radius 1 is 1.38 bits per heavy atom. The summed E-state index contributed by atoms with van der Waals surface area (Å²) in [5, 5.41) is 7.93. The van der Waals surface area contributed by atoms with Crippen molar-refractivity contribution < 1.29 is 4.74 Å². The summed E-state index contributed by atoms with van der Waals surface area (Å²) in [6.07, 6.45) is 6.58. The maximum absolute atomic E-state index is 8.41. The Balaban J connectivity index is 2.02. The SMILES string of the molecule is N#CC(Cl)COCC1CCCCC1. The zero-order valence-corrected chi connectivity index (χ0v) is 8.59. The van der Waals surface area contributed by atoms with Crippen LogP contribution in [0.3, 0.4) is 0 Å². The van der Waals surface area contributed by atoms with E-state index < -0.39 is 5.38 Å². The van der Waals surface area contributed by atoms with Crippen LogP contribution in [-0.2, 0) is 4.74 Å². The fourth-order valence-electron chi connectivity index (χ4n) is 1.73. The van der Waals surface area contributed by atoms with Crippen molar-refractivity contribution >= 4 is 11.6 Å². The molecule has 0 heterocycles. The highest BCUT2D eigenvalue weighted by Crippen LogP contribution is 2.23. The zero-order valence-electron chi connectivity index (χ0n) is 7.84. The van der Waals surface area contributed by atoms with Crippen LogP contribution in [0.15, 0.2) is 0 Å². The van der Waals surface area contributed by atoms with Crippen LogP contribution < -0.4 is 0 Å². The highest BCUT2D eigenvalue weighted by atomic mass is 35.5. The van der Waals surface area contributed by atoms with Crippen LogP contribution in [0.5, 0.6) is 0 Å². The Kier molecular flexibility index (Phi) is 5.19. The highest BCUT2D eigenvalue weighted by Gasteiger charge is 2.13. The van der Waals surface area contributed by atoms with Crippen molar-refractivity contribution in [2.24, 2.45) is 5.92 Å². The third kappa shape index (κ3) is 4.50. The second kappa shape index (κ2) is 6.23. The molecular formula is C10H16ClNO. The van der Waals surface area contributed by atoms with Gasteiger partial charge < -0.3 is 4.74 Å². The predicted octanol–water partition coefficient (Wildman–Crippen LogP) is 2.71. The van der Waals surface area contributed by atoms with Crippen LogP contribution in [0.4, 0.5) is 0 Å². The summed E-state index contributed by atoms with van der Waals surface area (Å²) in [7, 11) is 0. The number of alkyl halides is 1. The van der Waals surface area contributed by atoms with Crippen LogP contribution in [0.1, 0.15) is 32.1 Å². The molecule has 2 nitrogen and oxygen atoms in total. The minimum absolute atomic E-state index is 0.370. The fraction of sp³-hybridized carbons (Fsp3) is 0.900. The molecule has 0 aromatic rings. The summed E-state index contributed by atoms with van der Waals surface area (Å²) < 4.78 is 5.37. The Bertz CT molecular complexity index is 172. The highest BCUT2D eigenvalue weighted by molar-refractivity contribution is 6.22. The van der Waals surface area contributed by atoms with E-state index in [1.807, 2.05) is 6.07 Å². The first-order valence-electron chi connectivity index (χ1n) is 4.94. The van der Waals surface area contributed by atoms with Gasteiger partial charge in [0.25, 0.3) is 0 Å². The van der Waals surface area contributed by atoms with E-state index in [0.717, 1.165) is 6.61 Å². The Morgan fingerprint density at radius 2 is 2.08 bits per heavy atom. The zero-order chi connectivity index (χ0) is 9.52. The van der Waals surface area contributed by atoms with Gasteiger partial charge in [-0.05, 0) is 18.8 Å². The predicted molar refractivity (Wildman–Crippen MR) is 52.6 cm³/mol. The summed E-state index contributed by atoms with van der Waals surface area (Å²) in [6, 6.07) is 1.94. The van der Waals surface area contributed by atoms with Crippen LogP contribution >= 0.6 is 11.6 Å². The molecule has 0 aliphatic heterocycles. The van der Waals surface area contributed by atoms with Gasteiger partial charge in [-0.2, -0.15) is 5.26 Å². The number of halogens is 1. The van der Waals surface area contributed by atoms with E-state index in [-0.39, 0.29) is 0 Å². The lowest BCUT2D eigenvalue weighted by Gasteiger charge is -2.21. The van der Waals surface area contributed by atoms with Crippen LogP contribution in [0.2, 0.25) is 0 Å². The topological polar surface area (TPSA) is 33.0 Å². The minimum Gasteiger partial charge on any atom is -0.379 e. The lowest BCUT2D eigenvalue weighted by molar-refractivity contribution is 0.0904. The fourth-order valence-corrected chi connectivity index (χ4v) is 1.82. The molecule has 0 N–H and O–H groups in total. The Hall–Kier alpha value is -0.260. The number of hydrogen-bond donors (Lipinski definition) is 0. The third-order valence-electron chi connectivity index (χ3n) is 2.48. The van der Waals surface area contributed by atoms with E-state index in [4.69, 9.17) is 21.6 Å². The summed E-state index contributed by atoms with van der Waals surface area (Å²) in [6.45, 7) is 1.15. The molecule has 1 aliphatic rings. The molecule has 0 spiro atoms. The number of nitrogens with zero attached hydrogens (tertiary/aromatic N) is 1. The molecule has 0 radical (unpaired) electrons.